The summed E-state index contributed by atoms with van der Waals surface area (Å²) in [5.74, 6) is -1.33. The first-order valence-corrected chi connectivity index (χ1v) is 7.99. The van der Waals surface area contributed by atoms with E-state index in [1.807, 2.05) is 0 Å². The summed E-state index contributed by atoms with van der Waals surface area (Å²) in [6.45, 7) is 4.41. The summed E-state index contributed by atoms with van der Waals surface area (Å²) in [4.78, 5) is 25.8. The monoisotopic (exact) mass is 325 g/mol. The molecule has 1 aliphatic rings. The van der Waals surface area contributed by atoms with Crippen LogP contribution in [-0.4, -0.2) is 28.3 Å². The van der Waals surface area contributed by atoms with Crippen molar-refractivity contribution < 1.29 is 19.8 Å². The third-order valence-electron chi connectivity index (χ3n) is 4.33. The van der Waals surface area contributed by atoms with Gasteiger partial charge in [-0.25, -0.2) is 0 Å². The molecular formula is C19H19NO4. The topological polar surface area (TPSA) is 86.6 Å². The number of unbranched alkanes of at least 4 members (excludes halogenated alkanes) is 1. The lowest BCUT2D eigenvalue weighted by Gasteiger charge is -2.23. The van der Waals surface area contributed by atoms with Gasteiger partial charge < -0.3 is 15.5 Å². The molecule has 0 amide bonds. The zero-order chi connectivity index (χ0) is 17.4. The van der Waals surface area contributed by atoms with Crippen LogP contribution in [0.1, 0.15) is 57.2 Å². The molecule has 124 valence electrons. The predicted molar refractivity (Wildman–Crippen MR) is 91.2 cm³/mol. The van der Waals surface area contributed by atoms with Crippen LogP contribution in [0, 0.1) is 6.92 Å². The molecule has 0 atom stereocenters. The minimum atomic E-state index is -0.448. The van der Waals surface area contributed by atoms with Crippen molar-refractivity contribution in [2.45, 2.75) is 26.7 Å². The van der Waals surface area contributed by atoms with Gasteiger partial charge in [-0.1, -0.05) is 19.4 Å². The highest BCUT2D eigenvalue weighted by molar-refractivity contribution is 6.32. The van der Waals surface area contributed by atoms with Gasteiger partial charge in [0, 0.05) is 17.8 Å². The molecule has 0 heterocycles. The van der Waals surface area contributed by atoms with Gasteiger partial charge in [0.25, 0.3) is 0 Å². The van der Waals surface area contributed by atoms with Crippen LogP contribution in [0.3, 0.4) is 0 Å². The molecule has 5 heteroatoms. The minimum absolute atomic E-state index is 0.00250. The number of anilines is 1. The Hall–Kier alpha value is -2.82. The van der Waals surface area contributed by atoms with Crippen molar-refractivity contribution in [3.05, 3.63) is 52.1 Å². The average Bonchev–Trinajstić information content (AvgIpc) is 2.56. The van der Waals surface area contributed by atoms with Crippen molar-refractivity contribution in [2.24, 2.45) is 0 Å². The molecule has 3 N–H and O–H groups in total. The molecule has 0 bridgehead atoms. The van der Waals surface area contributed by atoms with E-state index in [1.165, 1.54) is 12.1 Å². The fourth-order valence-electron chi connectivity index (χ4n) is 3.07. The number of hydrogen-bond acceptors (Lipinski definition) is 5. The minimum Gasteiger partial charge on any atom is -0.507 e. The van der Waals surface area contributed by atoms with E-state index in [2.05, 4.69) is 12.2 Å². The second-order valence-electron chi connectivity index (χ2n) is 5.97. The molecule has 0 aliphatic heterocycles. The molecular weight excluding hydrogens is 306 g/mol. The second-order valence-corrected chi connectivity index (χ2v) is 5.97. The van der Waals surface area contributed by atoms with E-state index in [-0.39, 0.29) is 33.8 Å². The third kappa shape index (κ3) is 2.33. The number of nitrogens with one attached hydrogen (secondary N) is 1. The number of aryl methyl sites for hydroxylation is 1. The van der Waals surface area contributed by atoms with Gasteiger partial charge in [0.05, 0.1) is 16.7 Å². The number of benzene rings is 2. The maximum atomic E-state index is 13.0. The first-order chi connectivity index (χ1) is 11.5. The summed E-state index contributed by atoms with van der Waals surface area (Å²) in [6, 6.07) is 6.01. The van der Waals surface area contributed by atoms with E-state index < -0.39 is 11.6 Å². The summed E-state index contributed by atoms with van der Waals surface area (Å²) in [7, 11) is 0. The van der Waals surface area contributed by atoms with Gasteiger partial charge in [-0.3, -0.25) is 9.59 Å². The number of ketones is 2. The van der Waals surface area contributed by atoms with Crippen molar-refractivity contribution in [3.63, 3.8) is 0 Å². The maximum Gasteiger partial charge on any atom is 0.200 e. The molecule has 2 aromatic rings. The van der Waals surface area contributed by atoms with Crippen LogP contribution in [0.4, 0.5) is 5.69 Å². The fraction of sp³-hybridized carbons (Fsp3) is 0.263. The van der Waals surface area contributed by atoms with Gasteiger partial charge >= 0.3 is 0 Å². The quantitative estimate of drug-likeness (QED) is 0.505. The number of hydrogen-bond donors (Lipinski definition) is 3. The Morgan fingerprint density at radius 3 is 2.12 bits per heavy atom. The van der Waals surface area contributed by atoms with Crippen LogP contribution >= 0.6 is 0 Å². The van der Waals surface area contributed by atoms with E-state index in [0.717, 1.165) is 12.8 Å². The van der Waals surface area contributed by atoms with E-state index in [0.29, 0.717) is 17.8 Å². The lowest BCUT2D eigenvalue weighted by atomic mass is 9.80. The summed E-state index contributed by atoms with van der Waals surface area (Å²) >= 11 is 0. The average molecular weight is 325 g/mol. The largest absolute Gasteiger partial charge is 0.507 e. The molecule has 3 rings (SSSR count). The lowest BCUT2D eigenvalue weighted by Crippen LogP contribution is -2.24. The number of phenols is 2. The van der Waals surface area contributed by atoms with Crippen LogP contribution in [0.2, 0.25) is 0 Å². The molecule has 24 heavy (non-hydrogen) atoms. The summed E-state index contributed by atoms with van der Waals surface area (Å²) in [5, 5.41) is 23.4. The number of fused-ring (bicyclic) bond motifs is 2. The van der Waals surface area contributed by atoms with E-state index in [4.69, 9.17) is 0 Å². The number of rotatable bonds is 4. The van der Waals surface area contributed by atoms with Gasteiger partial charge in [0.15, 0.2) is 11.6 Å². The maximum absolute atomic E-state index is 13.0. The van der Waals surface area contributed by atoms with Gasteiger partial charge in [0.1, 0.15) is 11.5 Å². The van der Waals surface area contributed by atoms with E-state index >= 15 is 0 Å². The highest BCUT2D eigenvalue weighted by atomic mass is 16.3. The molecule has 0 fully saturated rings. The zero-order valence-corrected chi connectivity index (χ0v) is 13.6. The molecule has 0 aromatic heterocycles. The molecule has 1 aliphatic carbocycles. The Labute approximate surface area is 139 Å². The zero-order valence-electron chi connectivity index (χ0n) is 13.6. The predicted octanol–water partition coefficient (Wildman–Crippen LogP) is 3.39. The Morgan fingerprint density at radius 1 is 0.875 bits per heavy atom. The number of aromatic hydroxyl groups is 2. The van der Waals surface area contributed by atoms with E-state index in [1.54, 1.807) is 19.1 Å². The first-order valence-electron chi connectivity index (χ1n) is 7.99. The summed E-state index contributed by atoms with van der Waals surface area (Å²) in [5.41, 5.74) is 1.40. The molecule has 0 saturated carbocycles. The third-order valence-corrected chi connectivity index (χ3v) is 4.33. The normalized spacial score (nSPS) is 12.8. The highest BCUT2D eigenvalue weighted by Gasteiger charge is 2.37. The van der Waals surface area contributed by atoms with Crippen LogP contribution in [0.15, 0.2) is 24.3 Å². The molecule has 0 saturated heterocycles. The van der Waals surface area contributed by atoms with Crippen molar-refractivity contribution in [1.82, 2.24) is 0 Å². The molecule has 0 unspecified atom stereocenters. The van der Waals surface area contributed by atoms with Crippen LogP contribution in [-0.2, 0) is 0 Å². The van der Waals surface area contributed by atoms with Gasteiger partial charge in [-0.2, -0.15) is 0 Å². The van der Waals surface area contributed by atoms with Gasteiger partial charge in [-0.15, -0.1) is 0 Å². The van der Waals surface area contributed by atoms with Gasteiger partial charge in [0.2, 0.25) is 0 Å². The highest BCUT2D eigenvalue weighted by Crippen LogP contribution is 2.40. The lowest BCUT2D eigenvalue weighted by molar-refractivity contribution is 0.0974. The Morgan fingerprint density at radius 2 is 1.46 bits per heavy atom. The molecule has 5 nitrogen and oxygen atoms in total. The summed E-state index contributed by atoms with van der Waals surface area (Å²) in [6.07, 6.45) is 1.90. The Balaban J connectivity index is 2.22. The van der Waals surface area contributed by atoms with Crippen LogP contribution in [0.5, 0.6) is 11.5 Å². The standard InChI is InChI=1S/C19H19NO4/c1-3-4-9-20-11-6-8-13(22)17-15(11)19(24)16-12(21)7-5-10(2)14(16)18(17)23/h5-8,20-22H,3-4,9H2,1-2H3. The van der Waals surface area contributed by atoms with Crippen LogP contribution in [0.25, 0.3) is 0 Å². The molecule has 0 spiro atoms. The van der Waals surface area contributed by atoms with Crippen LogP contribution < -0.4 is 5.32 Å². The molecule has 2 aromatic carbocycles. The van der Waals surface area contributed by atoms with Gasteiger partial charge in [-0.05, 0) is 37.1 Å². The van der Waals surface area contributed by atoms with Crippen molar-refractivity contribution >= 4 is 17.3 Å². The first kappa shape index (κ1) is 16.1. The van der Waals surface area contributed by atoms with Crippen molar-refractivity contribution in [2.75, 3.05) is 11.9 Å². The van der Waals surface area contributed by atoms with Crippen molar-refractivity contribution in [1.29, 1.82) is 0 Å². The second kappa shape index (κ2) is 6.00. The SMILES string of the molecule is CCCCNc1ccc(O)c2c1C(=O)c1c(O)ccc(C)c1C2=O. The Bertz CT molecular complexity index is 855. The number of phenolic OH excluding ortho intramolecular Hbond substituents is 2. The smallest absolute Gasteiger partial charge is 0.200 e. The van der Waals surface area contributed by atoms with E-state index in [9.17, 15) is 19.8 Å². The molecule has 0 radical (unpaired) electrons. The van der Waals surface area contributed by atoms with Crippen molar-refractivity contribution in [3.8, 4) is 11.5 Å². The number of carbonyl (C=O) groups excluding carboxylic acids is 2. The Kier molecular flexibility index (Phi) is 4.01. The fourth-order valence-corrected chi connectivity index (χ4v) is 3.07. The summed E-state index contributed by atoms with van der Waals surface area (Å²) < 4.78 is 0. The number of carbonyl (C=O) groups is 2.